The van der Waals surface area contributed by atoms with Crippen LogP contribution in [0.1, 0.15) is 0 Å². The zero-order valence-electron chi connectivity index (χ0n) is 12.8. The normalized spacial score (nSPS) is 10.1. The van der Waals surface area contributed by atoms with E-state index in [1.807, 2.05) is 0 Å². The van der Waals surface area contributed by atoms with Crippen LogP contribution in [0.25, 0.3) is 0 Å². The van der Waals surface area contributed by atoms with E-state index in [-0.39, 0.29) is 16.4 Å². The summed E-state index contributed by atoms with van der Waals surface area (Å²) in [6.07, 6.45) is 0. The second-order valence-corrected chi connectivity index (χ2v) is 5.30. The Morgan fingerprint density at radius 1 is 0.760 bits per heavy atom. The molecule has 0 unspecified atom stereocenters. The lowest BCUT2D eigenvalue weighted by molar-refractivity contribution is -0.138. The van der Waals surface area contributed by atoms with Gasteiger partial charge < -0.3 is 30.2 Å². The molecule has 0 aliphatic heterocycles. The first kappa shape index (κ1) is 20.0. The molecule has 1 aromatic carbocycles. The SMILES string of the molecule is O=C(O)CN(CC(=O)O)c1cccc(Cl)c1N(CC(=O)O)CC(=O)O. The van der Waals surface area contributed by atoms with Crippen LogP contribution in [0.5, 0.6) is 0 Å². The molecular weight excluding hydrogens is 360 g/mol. The van der Waals surface area contributed by atoms with Crippen LogP contribution in [0.3, 0.4) is 0 Å². The van der Waals surface area contributed by atoms with Gasteiger partial charge in [-0.1, -0.05) is 17.7 Å². The molecular formula is C14H15ClN2O8. The molecule has 0 saturated carbocycles. The first-order chi connectivity index (χ1) is 11.6. The van der Waals surface area contributed by atoms with Gasteiger partial charge in [0.05, 0.1) is 16.4 Å². The lowest BCUT2D eigenvalue weighted by atomic mass is 10.2. The number of carboxylic acid groups (broad SMARTS) is 4. The molecule has 1 rings (SSSR count). The number of hydrogen-bond acceptors (Lipinski definition) is 6. The maximum absolute atomic E-state index is 11.0. The zero-order chi connectivity index (χ0) is 19.1. The lowest BCUT2D eigenvalue weighted by Crippen LogP contribution is -2.39. The highest BCUT2D eigenvalue weighted by molar-refractivity contribution is 6.34. The van der Waals surface area contributed by atoms with Crippen LogP contribution in [0.2, 0.25) is 5.02 Å². The van der Waals surface area contributed by atoms with E-state index in [4.69, 9.17) is 32.0 Å². The van der Waals surface area contributed by atoms with Crippen LogP contribution in [-0.2, 0) is 19.2 Å². The van der Waals surface area contributed by atoms with E-state index >= 15 is 0 Å². The fourth-order valence-corrected chi connectivity index (χ4v) is 2.45. The number of hydrogen-bond donors (Lipinski definition) is 4. The van der Waals surface area contributed by atoms with E-state index in [9.17, 15) is 19.2 Å². The molecule has 0 radical (unpaired) electrons. The Labute approximate surface area is 146 Å². The molecule has 0 aliphatic rings. The molecule has 1 aromatic rings. The summed E-state index contributed by atoms with van der Waals surface area (Å²) in [6, 6.07) is 4.11. The number of nitrogens with zero attached hydrogens (tertiary/aromatic N) is 2. The Morgan fingerprint density at radius 2 is 1.16 bits per heavy atom. The van der Waals surface area contributed by atoms with Crippen molar-refractivity contribution in [3.05, 3.63) is 23.2 Å². The maximum Gasteiger partial charge on any atom is 0.323 e. The summed E-state index contributed by atoms with van der Waals surface area (Å²) >= 11 is 6.06. The largest absolute Gasteiger partial charge is 0.480 e. The van der Waals surface area contributed by atoms with Crippen molar-refractivity contribution in [2.75, 3.05) is 36.0 Å². The van der Waals surface area contributed by atoms with Gasteiger partial charge in [0.25, 0.3) is 0 Å². The van der Waals surface area contributed by atoms with Crippen molar-refractivity contribution in [1.82, 2.24) is 0 Å². The first-order valence-electron chi connectivity index (χ1n) is 6.77. The van der Waals surface area contributed by atoms with Crippen LogP contribution in [0.15, 0.2) is 18.2 Å². The molecule has 11 heteroatoms. The fourth-order valence-electron chi connectivity index (χ4n) is 2.17. The van der Waals surface area contributed by atoms with Gasteiger partial charge in [-0.25, -0.2) is 0 Å². The molecule has 0 bridgehead atoms. The van der Waals surface area contributed by atoms with Gasteiger partial charge in [-0.3, -0.25) is 19.2 Å². The summed E-state index contributed by atoms with van der Waals surface area (Å²) in [5, 5.41) is 35.9. The molecule has 0 spiro atoms. The highest BCUT2D eigenvalue weighted by atomic mass is 35.5. The summed E-state index contributed by atoms with van der Waals surface area (Å²) < 4.78 is 0. The number of para-hydroxylation sites is 1. The Hall–Kier alpha value is -3.01. The highest BCUT2D eigenvalue weighted by Gasteiger charge is 2.25. The molecule has 0 aliphatic carbocycles. The van der Waals surface area contributed by atoms with Crippen molar-refractivity contribution in [3.8, 4) is 0 Å². The van der Waals surface area contributed by atoms with Crippen molar-refractivity contribution in [1.29, 1.82) is 0 Å². The smallest absolute Gasteiger partial charge is 0.323 e. The summed E-state index contributed by atoms with van der Waals surface area (Å²) in [5.74, 6) is -5.32. The Morgan fingerprint density at radius 3 is 1.56 bits per heavy atom. The maximum atomic E-state index is 11.0. The van der Waals surface area contributed by atoms with E-state index < -0.39 is 50.1 Å². The van der Waals surface area contributed by atoms with Crippen molar-refractivity contribution in [2.45, 2.75) is 0 Å². The number of anilines is 2. The van der Waals surface area contributed by atoms with E-state index in [0.29, 0.717) is 0 Å². The number of halogens is 1. The molecule has 4 N–H and O–H groups in total. The molecule has 25 heavy (non-hydrogen) atoms. The fraction of sp³-hybridized carbons (Fsp3) is 0.286. The van der Waals surface area contributed by atoms with Gasteiger partial charge in [-0.05, 0) is 12.1 Å². The Kier molecular flexibility index (Phi) is 7.00. The molecule has 0 saturated heterocycles. The standard InChI is InChI=1S/C14H15ClN2O8/c15-8-2-1-3-9(16(4-10(18)19)5-11(20)21)14(8)17(6-12(22)23)7-13(24)25/h1-3H,4-7H2,(H,18,19)(H,20,21)(H,22,23)(H,24,25). The summed E-state index contributed by atoms with van der Waals surface area (Å²) in [7, 11) is 0. The van der Waals surface area contributed by atoms with E-state index in [0.717, 1.165) is 9.80 Å². The van der Waals surface area contributed by atoms with Crippen molar-refractivity contribution in [3.63, 3.8) is 0 Å². The predicted molar refractivity (Wildman–Crippen MR) is 86.4 cm³/mol. The quantitative estimate of drug-likeness (QED) is 0.449. The zero-order valence-corrected chi connectivity index (χ0v) is 13.5. The Bertz CT molecular complexity index is 661. The molecule has 0 atom stereocenters. The van der Waals surface area contributed by atoms with Gasteiger partial charge >= 0.3 is 23.9 Å². The van der Waals surface area contributed by atoms with Gasteiger partial charge in [0.2, 0.25) is 0 Å². The minimum atomic E-state index is -1.34. The highest BCUT2D eigenvalue weighted by Crippen LogP contribution is 2.36. The monoisotopic (exact) mass is 374 g/mol. The van der Waals surface area contributed by atoms with Crippen LogP contribution in [-0.4, -0.2) is 70.5 Å². The van der Waals surface area contributed by atoms with Gasteiger partial charge in [0, 0.05) is 0 Å². The van der Waals surface area contributed by atoms with E-state index in [2.05, 4.69) is 0 Å². The predicted octanol–water partition coefficient (Wildman–Crippen LogP) is 0.291. The Balaban J connectivity index is 3.45. The van der Waals surface area contributed by atoms with Gasteiger partial charge in [-0.15, -0.1) is 0 Å². The third kappa shape index (κ3) is 6.18. The molecule has 0 aromatic heterocycles. The minimum absolute atomic E-state index is 0.000185. The molecule has 0 heterocycles. The summed E-state index contributed by atoms with van der Waals surface area (Å²) in [5.41, 5.74) is -0.0729. The molecule has 10 nitrogen and oxygen atoms in total. The van der Waals surface area contributed by atoms with Crippen LogP contribution >= 0.6 is 11.6 Å². The van der Waals surface area contributed by atoms with Crippen molar-refractivity contribution >= 4 is 46.9 Å². The lowest BCUT2D eigenvalue weighted by Gasteiger charge is -2.30. The third-order valence-electron chi connectivity index (χ3n) is 2.93. The van der Waals surface area contributed by atoms with Gasteiger partial charge in [0.1, 0.15) is 26.2 Å². The number of carbonyl (C=O) groups is 4. The summed E-state index contributed by atoms with van der Waals surface area (Å²) in [6.45, 7) is -2.85. The average molecular weight is 375 g/mol. The van der Waals surface area contributed by atoms with Crippen molar-refractivity contribution < 1.29 is 39.6 Å². The van der Waals surface area contributed by atoms with E-state index in [1.54, 1.807) is 0 Å². The molecule has 0 fully saturated rings. The van der Waals surface area contributed by atoms with Crippen LogP contribution < -0.4 is 9.80 Å². The first-order valence-corrected chi connectivity index (χ1v) is 7.15. The molecule has 136 valence electrons. The third-order valence-corrected chi connectivity index (χ3v) is 3.23. The number of rotatable bonds is 10. The van der Waals surface area contributed by atoms with Gasteiger partial charge in [-0.2, -0.15) is 0 Å². The topological polar surface area (TPSA) is 156 Å². The number of aliphatic carboxylic acids is 4. The second kappa shape index (κ2) is 8.73. The van der Waals surface area contributed by atoms with Crippen molar-refractivity contribution in [2.24, 2.45) is 0 Å². The van der Waals surface area contributed by atoms with Gasteiger partial charge in [0.15, 0.2) is 0 Å². The van der Waals surface area contributed by atoms with E-state index in [1.165, 1.54) is 18.2 Å². The molecule has 0 amide bonds. The summed E-state index contributed by atoms with van der Waals surface area (Å²) in [4.78, 5) is 46.0. The number of carboxylic acids is 4. The van der Waals surface area contributed by atoms with Crippen LogP contribution in [0.4, 0.5) is 11.4 Å². The number of benzene rings is 1. The van der Waals surface area contributed by atoms with Crippen LogP contribution in [0, 0.1) is 0 Å². The average Bonchev–Trinajstić information content (AvgIpc) is 2.43. The minimum Gasteiger partial charge on any atom is -0.480 e. The second-order valence-electron chi connectivity index (χ2n) is 4.89.